The van der Waals surface area contributed by atoms with E-state index in [1.54, 1.807) is 12.1 Å². The van der Waals surface area contributed by atoms with Gasteiger partial charge in [0.15, 0.2) is 0 Å². The Balaban J connectivity index is 2.31. The topological polar surface area (TPSA) is 61.8 Å². The van der Waals surface area contributed by atoms with Crippen molar-refractivity contribution in [3.63, 3.8) is 0 Å². The number of rotatable bonds is 2. The van der Waals surface area contributed by atoms with Crippen LogP contribution in [0.25, 0.3) is 0 Å². The van der Waals surface area contributed by atoms with Crippen molar-refractivity contribution >= 4 is 23.4 Å². The molecule has 16 heavy (non-hydrogen) atoms. The molecule has 0 unspecified atom stereocenters. The number of carbonyl (C=O) groups excluding carboxylic acids is 2. The summed E-state index contributed by atoms with van der Waals surface area (Å²) in [5.41, 5.74) is 1.34. The predicted molar refractivity (Wildman–Crippen MR) is 59.4 cm³/mol. The minimum atomic E-state index is -0.0175. The van der Waals surface area contributed by atoms with Crippen LogP contribution in [0.1, 0.15) is 0 Å². The average molecular weight is 217 g/mol. The van der Waals surface area contributed by atoms with Crippen molar-refractivity contribution in [1.29, 1.82) is 0 Å². The van der Waals surface area contributed by atoms with Crippen molar-refractivity contribution < 1.29 is 9.59 Å². The number of isocyanates is 1. The Labute approximate surface area is 92.8 Å². The second-order valence-corrected chi connectivity index (χ2v) is 3.46. The van der Waals surface area contributed by atoms with Gasteiger partial charge in [-0.3, -0.25) is 4.79 Å². The summed E-state index contributed by atoms with van der Waals surface area (Å²) >= 11 is 0. The standard InChI is InChI=1S/C11H11N3O2/c15-8-13-9-3-1-2-4-10(9)14-6-5-12-11(16)7-14/h1-4H,5-7H2,(H,12,16). The molecule has 0 aliphatic carbocycles. The molecule has 1 saturated heterocycles. The van der Waals surface area contributed by atoms with Gasteiger partial charge in [0.2, 0.25) is 12.0 Å². The molecule has 0 atom stereocenters. The Morgan fingerprint density at radius 3 is 2.94 bits per heavy atom. The van der Waals surface area contributed by atoms with Crippen molar-refractivity contribution in [1.82, 2.24) is 5.32 Å². The fraction of sp³-hybridized carbons (Fsp3) is 0.273. The summed E-state index contributed by atoms with van der Waals surface area (Å²) in [7, 11) is 0. The van der Waals surface area contributed by atoms with E-state index in [1.165, 1.54) is 6.08 Å². The van der Waals surface area contributed by atoms with E-state index in [-0.39, 0.29) is 5.91 Å². The predicted octanol–water partition coefficient (Wildman–Crippen LogP) is 0.590. The second kappa shape index (κ2) is 4.59. The van der Waals surface area contributed by atoms with Crippen LogP contribution < -0.4 is 10.2 Å². The van der Waals surface area contributed by atoms with Gasteiger partial charge in [-0.15, -0.1) is 0 Å². The number of anilines is 1. The first-order chi connectivity index (χ1) is 7.81. The van der Waals surface area contributed by atoms with Crippen LogP contribution in [0.2, 0.25) is 0 Å². The van der Waals surface area contributed by atoms with Crippen LogP contribution in [0.15, 0.2) is 29.3 Å². The zero-order chi connectivity index (χ0) is 11.4. The van der Waals surface area contributed by atoms with Crippen LogP contribution in [0.3, 0.4) is 0 Å². The summed E-state index contributed by atoms with van der Waals surface area (Å²) in [6, 6.07) is 7.22. The molecule has 5 nitrogen and oxygen atoms in total. The third-order valence-electron chi connectivity index (χ3n) is 2.43. The second-order valence-electron chi connectivity index (χ2n) is 3.46. The lowest BCUT2D eigenvalue weighted by molar-refractivity contribution is -0.120. The van der Waals surface area contributed by atoms with Gasteiger partial charge in [0.1, 0.15) is 0 Å². The molecular formula is C11H11N3O2. The maximum absolute atomic E-state index is 11.3. The zero-order valence-corrected chi connectivity index (χ0v) is 8.64. The van der Waals surface area contributed by atoms with Gasteiger partial charge < -0.3 is 10.2 Å². The SMILES string of the molecule is O=C=Nc1ccccc1N1CCNC(=O)C1. The van der Waals surface area contributed by atoms with Crippen molar-refractivity contribution in [2.45, 2.75) is 0 Å². The highest BCUT2D eigenvalue weighted by Gasteiger charge is 2.18. The molecule has 0 aromatic heterocycles. The number of nitrogens with one attached hydrogen (secondary N) is 1. The molecule has 1 fully saturated rings. The first-order valence-corrected chi connectivity index (χ1v) is 5.00. The summed E-state index contributed by atoms with van der Waals surface area (Å²) in [6.45, 7) is 1.63. The maximum Gasteiger partial charge on any atom is 0.240 e. The molecular weight excluding hydrogens is 206 g/mol. The minimum absolute atomic E-state index is 0.0175. The Bertz CT molecular complexity index is 452. The van der Waals surface area contributed by atoms with E-state index in [1.807, 2.05) is 17.0 Å². The molecule has 1 aromatic rings. The van der Waals surface area contributed by atoms with Gasteiger partial charge in [0, 0.05) is 13.1 Å². The van der Waals surface area contributed by atoms with Crippen LogP contribution in [-0.4, -0.2) is 31.6 Å². The van der Waals surface area contributed by atoms with E-state index in [2.05, 4.69) is 10.3 Å². The number of hydrogen-bond donors (Lipinski definition) is 1. The Morgan fingerprint density at radius 1 is 1.38 bits per heavy atom. The number of aliphatic imine (C=N–C) groups is 1. The highest BCUT2D eigenvalue weighted by molar-refractivity contribution is 5.84. The maximum atomic E-state index is 11.3. The third kappa shape index (κ3) is 2.10. The molecule has 1 aliphatic heterocycles. The highest BCUT2D eigenvalue weighted by Crippen LogP contribution is 2.27. The molecule has 1 heterocycles. The first-order valence-electron chi connectivity index (χ1n) is 5.00. The summed E-state index contributed by atoms with van der Waals surface area (Å²) < 4.78 is 0. The molecule has 0 bridgehead atoms. The van der Waals surface area contributed by atoms with E-state index < -0.39 is 0 Å². The molecule has 1 amide bonds. The number of nitrogens with zero attached hydrogens (tertiary/aromatic N) is 2. The monoisotopic (exact) mass is 217 g/mol. The third-order valence-corrected chi connectivity index (χ3v) is 2.43. The molecule has 1 aliphatic rings. The Kier molecular flexibility index (Phi) is 2.98. The smallest absolute Gasteiger partial charge is 0.240 e. The number of hydrogen-bond acceptors (Lipinski definition) is 4. The van der Waals surface area contributed by atoms with E-state index in [4.69, 9.17) is 0 Å². The van der Waals surface area contributed by atoms with Crippen molar-refractivity contribution in [3.05, 3.63) is 24.3 Å². The van der Waals surface area contributed by atoms with Gasteiger partial charge in [-0.1, -0.05) is 12.1 Å². The van der Waals surface area contributed by atoms with Gasteiger partial charge in [-0.2, -0.15) is 4.99 Å². The van der Waals surface area contributed by atoms with Crippen LogP contribution in [0.5, 0.6) is 0 Å². The first kappa shape index (κ1) is 10.4. The van der Waals surface area contributed by atoms with Crippen molar-refractivity contribution in [2.24, 2.45) is 4.99 Å². The van der Waals surface area contributed by atoms with Crippen molar-refractivity contribution in [2.75, 3.05) is 24.5 Å². The van der Waals surface area contributed by atoms with E-state index in [0.717, 1.165) is 12.2 Å². The van der Waals surface area contributed by atoms with Crippen LogP contribution in [-0.2, 0) is 9.59 Å². The van der Waals surface area contributed by atoms with E-state index in [0.29, 0.717) is 18.8 Å². The summed E-state index contributed by atoms with van der Waals surface area (Å²) in [5, 5.41) is 2.74. The molecule has 0 saturated carbocycles. The number of amides is 1. The lowest BCUT2D eigenvalue weighted by atomic mass is 10.2. The molecule has 5 heteroatoms. The van der Waals surface area contributed by atoms with Gasteiger partial charge in [0.25, 0.3) is 0 Å². The molecule has 1 aromatic carbocycles. The number of para-hydroxylation sites is 2. The fourth-order valence-electron chi connectivity index (χ4n) is 1.72. The van der Waals surface area contributed by atoms with Crippen molar-refractivity contribution in [3.8, 4) is 0 Å². The van der Waals surface area contributed by atoms with Crippen LogP contribution in [0.4, 0.5) is 11.4 Å². The normalized spacial score (nSPS) is 15.2. The van der Waals surface area contributed by atoms with Gasteiger partial charge >= 0.3 is 0 Å². The van der Waals surface area contributed by atoms with E-state index >= 15 is 0 Å². The lowest BCUT2D eigenvalue weighted by Gasteiger charge is -2.29. The van der Waals surface area contributed by atoms with Gasteiger partial charge in [-0.05, 0) is 12.1 Å². The number of piperazine rings is 1. The quantitative estimate of drug-likeness (QED) is 0.582. The lowest BCUT2D eigenvalue weighted by Crippen LogP contribution is -2.47. The summed E-state index contributed by atoms with van der Waals surface area (Å²) in [5.74, 6) is -0.0175. The Hall–Kier alpha value is -2.13. The number of carbonyl (C=O) groups is 1. The highest BCUT2D eigenvalue weighted by atomic mass is 16.2. The molecule has 2 rings (SSSR count). The average Bonchev–Trinajstić information content (AvgIpc) is 2.30. The minimum Gasteiger partial charge on any atom is -0.359 e. The fourth-order valence-corrected chi connectivity index (χ4v) is 1.72. The summed E-state index contributed by atoms with van der Waals surface area (Å²) in [4.78, 5) is 27.1. The van der Waals surface area contributed by atoms with Crippen LogP contribution in [0, 0.1) is 0 Å². The number of benzene rings is 1. The van der Waals surface area contributed by atoms with Crippen LogP contribution >= 0.6 is 0 Å². The van der Waals surface area contributed by atoms with E-state index in [9.17, 15) is 9.59 Å². The zero-order valence-electron chi connectivity index (χ0n) is 8.64. The largest absolute Gasteiger partial charge is 0.359 e. The molecule has 82 valence electrons. The van der Waals surface area contributed by atoms with Gasteiger partial charge in [0.05, 0.1) is 17.9 Å². The Morgan fingerprint density at radius 2 is 2.19 bits per heavy atom. The summed E-state index contributed by atoms with van der Waals surface area (Å²) in [6.07, 6.45) is 1.52. The molecule has 0 radical (unpaired) electrons. The molecule has 1 N–H and O–H groups in total. The van der Waals surface area contributed by atoms with Gasteiger partial charge in [-0.25, -0.2) is 4.79 Å². The molecule has 0 spiro atoms.